The van der Waals surface area contributed by atoms with E-state index in [2.05, 4.69) is 12.3 Å². The van der Waals surface area contributed by atoms with Crippen LogP contribution in [0.5, 0.6) is 0 Å². The lowest BCUT2D eigenvalue weighted by Crippen LogP contribution is -2.43. The number of rotatable bonds is 5. The average molecular weight is 282 g/mol. The molecule has 0 spiro atoms. The molecule has 0 fully saturated rings. The second-order valence-corrected chi connectivity index (χ2v) is 5.28. The number of hydrazine groups is 1. The molecule has 3 heteroatoms. The minimum absolute atomic E-state index is 0.00118. The zero-order valence-electron chi connectivity index (χ0n) is 12.9. The highest BCUT2D eigenvalue weighted by Crippen LogP contribution is 2.13. The molecule has 0 bridgehead atoms. The van der Waals surface area contributed by atoms with E-state index in [1.54, 1.807) is 0 Å². The maximum Gasteiger partial charge on any atom is 0.242 e. The summed E-state index contributed by atoms with van der Waals surface area (Å²) in [5.41, 5.74) is 7.40. The molecular formula is C18H22N2O. The molecule has 1 amide bonds. The van der Waals surface area contributed by atoms with Gasteiger partial charge in [-0.2, -0.15) is 0 Å². The fraction of sp³-hybridized carbons (Fsp3) is 0.278. The van der Waals surface area contributed by atoms with Gasteiger partial charge in [0.2, 0.25) is 5.91 Å². The standard InChI is InChI=1S/C18H22N2O/c1-4-20(17-11-7-15(3)8-12-17)19-18(21)13-16-9-5-14(2)6-10-16/h5-12H,4,13H2,1-3H3,(H,19,21). The molecule has 1 N–H and O–H groups in total. The third-order valence-electron chi connectivity index (χ3n) is 3.41. The Labute approximate surface area is 126 Å². The van der Waals surface area contributed by atoms with Crippen LogP contribution >= 0.6 is 0 Å². The topological polar surface area (TPSA) is 32.3 Å². The molecule has 0 aliphatic heterocycles. The summed E-state index contributed by atoms with van der Waals surface area (Å²) in [5.74, 6) is 0.00118. The fourth-order valence-corrected chi connectivity index (χ4v) is 2.13. The Morgan fingerprint density at radius 3 is 2.00 bits per heavy atom. The summed E-state index contributed by atoms with van der Waals surface area (Å²) in [4.78, 5) is 12.2. The molecule has 0 aromatic heterocycles. The highest BCUT2D eigenvalue weighted by molar-refractivity contribution is 5.80. The van der Waals surface area contributed by atoms with E-state index in [4.69, 9.17) is 0 Å². The zero-order valence-corrected chi connectivity index (χ0v) is 12.9. The van der Waals surface area contributed by atoms with Crippen LogP contribution in [-0.4, -0.2) is 12.5 Å². The third kappa shape index (κ3) is 4.35. The number of aryl methyl sites for hydroxylation is 2. The predicted octanol–water partition coefficient (Wildman–Crippen LogP) is 3.40. The second kappa shape index (κ2) is 6.93. The molecule has 0 saturated heterocycles. The van der Waals surface area contributed by atoms with Gasteiger partial charge in [0.15, 0.2) is 0 Å². The number of anilines is 1. The molecule has 2 aromatic carbocycles. The van der Waals surface area contributed by atoms with E-state index in [1.165, 1.54) is 11.1 Å². The van der Waals surface area contributed by atoms with Crippen molar-refractivity contribution in [3.8, 4) is 0 Å². The Bertz CT molecular complexity index is 588. The van der Waals surface area contributed by atoms with Gasteiger partial charge in [0.1, 0.15) is 0 Å². The van der Waals surface area contributed by atoms with Crippen molar-refractivity contribution in [3.05, 3.63) is 65.2 Å². The zero-order chi connectivity index (χ0) is 15.2. The molecular weight excluding hydrogens is 260 g/mol. The Morgan fingerprint density at radius 2 is 1.48 bits per heavy atom. The van der Waals surface area contributed by atoms with Crippen LogP contribution in [0.2, 0.25) is 0 Å². The largest absolute Gasteiger partial charge is 0.286 e. The van der Waals surface area contributed by atoms with Crippen molar-refractivity contribution in [1.82, 2.24) is 5.43 Å². The maximum absolute atomic E-state index is 12.2. The molecule has 3 nitrogen and oxygen atoms in total. The number of benzene rings is 2. The smallest absolute Gasteiger partial charge is 0.242 e. The summed E-state index contributed by atoms with van der Waals surface area (Å²) in [6.45, 7) is 6.84. The number of carbonyl (C=O) groups excluding carboxylic acids is 1. The first-order valence-corrected chi connectivity index (χ1v) is 7.27. The summed E-state index contributed by atoms with van der Waals surface area (Å²) >= 11 is 0. The first kappa shape index (κ1) is 15.1. The summed E-state index contributed by atoms with van der Waals surface area (Å²) in [5, 5.41) is 1.87. The Kier molecular flexibility index (Phi) is 4.99. The van der Waals surface area contributed by atoms with Gasteiger partial charge >= 0.3 is 0 Å². The van der Waals surface area contributed by atoms with Crippen LogP contribution in [0.1, 0.15) is 23.6 Å². The van der Waals surface area contributed by atoms with Gasteiger partial charge in [-0.3, -0.25) is 15.2 Å². The van der Waals surface area contributed by atoms with Crippen molar-refractivity contribution in [2.75, 3.05) is 11.6 Å². The van der Waals surface area contributed by atoms with Crippen LogP contribution in [0.15, 0.2) is 48.5 Å². The lowest BCUT2D eigenvalue weighted by molar-refractivity contribution is -0.120. The Morgan fingerprint density at radius 1 is 0.952 bits per heavy atom. The van der Waals surface area contributed by atoms with Crippen molar-refractivity contribution in [2.24, 2.45) is 0 Å². The van der Waals surface area contributed by atoms with Gasteiger partial charge in [-0.25, -0.2) is 0 Å². The first-order chi connectivity index (χ1) is 10.1. The minimum Gasteiger partial charge on any atom is -0.286 e. The van der Waals surface area contributed by atoms with Crippen LogP contribution in [-0.2, 0) is 11.2 Å². The molecule has 0 saturated carbocycles. The lowest BCUT2D eigenvalue weighted by atomic mass is 10.1. The van der Waals surface area contributed by atoms with Gasteiger partial charge in [0.25, 0.3) is 0 Å². The van der Waals surface area contributed by atoms with Gasteiger partial charge in [0.05, 0.1) is 12.1 Å². The molecule has 0 atom stereocenters. The minimum atomic E-state index is 0.00118. The second-order valence-electron chi connectivity index (χ2n) is 5.28. The van der Waals surface area contributed by atoms with Gasteiger partial charge in [-0.05, 0) is 38.5 Å². The number of carbonyl (C=O) groups is 1. The summed E-state index contributed by atoms with van der Waals surface area (Å²) in [6.07, 6.45) is 0.392. The van der Waals surface area contributed by atoms with Crippen molar-refractivity contribution in [2.45, 2.75) is 27.2 Å². The van der Waals surface area contributed by atoms with E-state index >= 15 is 0 Å². The first-order valence-electron chi connectivity index (χ1n) is 7.27. The summed E-state index contributed by atoms with van der Waals surface area (Å²) in [7, 11) is 0. The van der Waals surface area contributed by atoms with E-state index in [0.717, 1.165) is 17.8 Å². The number of hydrogen-bond acceptors (Lipinski definition) is 2. The van der Waals surface area contributed by atoms with Crippen LogP contribution in [0.4, 0.5) is 5.69 Å². The Hall–Kier alpha value is -2.29. The average Bonchev–Trinajstić information content (AvgIpc) is 2.48. The van der Waals surface area contributed by atoms with Crippen LogP contribution in [0, 0.1) is 13.8 Å². The van der Waals surface area contributed by atoms with Gasteiger partial charge < -0.3 is 0 Å². The van der Waals surface area contributed by atoms with Crippen molar-refractivity contribution in [1.29, 1.82) is 0 Å². The fourth-order valence-electron chi connectivity index (χ4n) is 2.13. The van der Waals surface area contributed by atoms with Crippen LogP contribution < -0.4 is 10.4 Å². The van der Waals surface area contributed by atoms with E-state index in [-0.39, 0.29) is 5.91 Å². The molecule has 0 aliphatic carbocycles. The summed E-state index contributed by atoms with van der Waals surface area (Å²) in [6, 6.07) is 16.2. The van der Waals surface area contributed by atoms with Crippen molar-refractivity contribution >= 4 is 11.6 Å². The predicted molar refractivity (Wildman–Crippen MR) is 87.2 cm³/mol. The molecule has 2 rings (SSSR count). The molecule has 0 aliphatic rings. The maximum atomic E-state index is 12.2. The molecule has 2 aromatic rings. The van der Waals surface area contributed by atoms with Crippen LogP contribution in [0.25, 0.3) is 0 Å². The summed E-state index contributed by atoms with van der Waals surface area (Å²) < 4.78 is 0. The van der Waals surface area contributed by atoms with Crippen molar-refractivity contribution < 1.29 is 4.79 Å². The quantitative estimate of drug-likeness (QED) is 0.852. The van der Waals surface area contributed by atoms with E-state index in [9.17, 15) is 4.79 Å². The van der Waals surface area contributed by atoms with E-state index in [1.807, 2.05) is 67.4 Å². The van der Waals surface area contributed by atoms with Crippen molar-refractivity contribution in [3.63, 3.8) is 0 Å². The third-order valence-corrected chi connectivity index (χ3v) is 3.41. The molecule has 0 radical (unpaired) electrons. The highest BCUT2D eigenvalue weighted by atomic mass is 16.2. The van der Waals surface area contributed by atoms with E-state index in [0.29, 0.717) is 6.42 Å². The van der Waals surface area contributed by atoms with Gasteiger partial charge in [-0.15, -0.1) is 0 Å². The van der Waals surface area contributed by atoms with Gasteiger partial charge in [0, 0.05) is 6.54 Å². The number of hydrogen-bond donors (Lipinski definition) is 1. The Balaban J connectivity index is 1.99. The molecule has 21 heavy (non-hydrogen) atoms. The lowest BCUT2D eigenvalue weighted by Gasteiger charge is -2.24. The number of nitrogens with zero attached hydrogens (tertiary/aromatic N) is 1. The van der Waals surface area contributed by atoms with Gasteiger partial charge in [-0.1, -0.05) is 47.5 Å². The van der Waals surface area contributed by atoms with Crippen LogP contribution in [0.3, 0.4) is 0 Å². The highest BCUT2D eigenvalue weighted by Gasteiger charge is 2.09. The number of amides is 1. The normalized spacial score (nSPS) is 10.2. The molecule has 0 unspecified atom stereocenters. The molecule has 110 valence electrons. The van der Waals surface area contributed by atoms with E-state index < -0.39 is 0 Å². The monoisotopic (exact) mass is 282 g/mol. The SMILES string of the molecule is CCN(NC(=O)Cc1ccc(C)cc1)c1ccc(C)cc1. The number of nitrogens with one attached hydrogen (secondary N) is 1. The molecule has 0 heterocycles.